The normalized spacial score (nSPS) is 21.5. The molecule has 2 N–H and O–H groups in total. The Bertz CT molecular complexity index is 502. The van der Waals surface area contributed by atoms with Crippen LogP contribution in [0, 0.1) is 5.92 Å². The lowest BCUT2D eigenvalue weighted by atomic mass is 10.0. The minimum Gasteiger partial charge on any atom is -0.393 e. The lowest BCUT2D eigenvalue weighted by Crippen LogP contribution is -2.35. The highest BCUT2D eigenvalue weighted by molar-refractivity contribution is 5.93. The predicted molar refractivity (Wildman–Crippen MR) is 90.0 cm³/mol. The molecule has 1 fully saturated rings. The van der Waals surface area contributed by atoms with E-state index >= 15 is 0 Å². The van der Waals surface area contributed by atoms with E-state index in [1.54, 1.807) is 0 Å². The van der Waals surface area contributed by atoms with E-state index in [0.29, 0.717) is 18.4 Å². The van der Waals surface area contributed by atoms with Gasteiger partial charge in [-0.05, 0) is 43.4 Å². The largest absolute Gasteiger partial charge is 0.393 e. The van der Waals surface area contributed by atoms with Crippen molar-refractivity contribution in [2.24, 2.45) is 5.92 Å². The SMILES string of the molecule is CC(C)c1ccccc1NC(=O)CN(C)CC1CCCC1O. The van der Waals surface area contributed by atoms with Crippen molar-refractivity contribution in [3.63, 3.8) is 0 Å². The van der Waals surface area contributed by atoms with Gasteiger partial charge >= 0.3 is 0 Å². The fourth-order valence-electron chi connectivity index (χ4n) is 3.24. The Morgan fingerprint density at radius 1 is 1.36 bits per heavy atom. The average molecular weight is 304 g/mol. The van der Waals surface area contributed by atoms with Crippen molar-refractivity contribution in [3.8, 4) is 0 Å². The summed E-state index contributed by atoms with van der Waals surface area (Å²) in [6, 6.07) is 7.95. The van der Waals surface area contributed by atoms with Crippen LogP contribution in [0.25, 0.3) is 0 Å². The molecule has 22 heavy (non-hydrogen) atoms. The number of aliphatic hydroxyl groups excluding tert-OH is 1. The average Bonchev–Trinajstić information content (AvgIpc) is 2.84. The molecule has 122 valence electrons. The molecule has 0 aromatic heterocycles. The van der Waals surface area contributed by atoms with E-state index in [-0.39, 0.29) is 12.0 Å². The number of hydrogen-bond acceptors (Lipinski definition) is 3. The summed E-state index contributed by atoms with van der Waals surface area (Å²) >= 11 is 0. The Kier molecular flexibility index (Phi) is 5.98. The van der Waals surface area contributed by atoms with Gasteiger partial charge in [0.2, 0.25) is 5.91 Å². The molecule has 1 aliphatic rings. The van der Waals surface area contributed by atoms with Crippen LogP contribution in [0.1, 0.15) is 44.6 Å². The fraction of sp³-hybridized carbons (Fsp3) is 0.611. The van der Waals surface area contributed by atoms with E-state index in [1.165, 1.54) is 0 Å². The third kappa shape index (κ3) is 4.55. The van der Waals surface area contributed by atoms with Gasteiger partial charge in [0.25, 0.3) is 0 Å². The smallest absolute Gasteiger partial charge is 0.238 e. The number of anilines is 1. The highest BCUT2D eigenvalue weighted by Gasteiger charge is 2.26. The first-order chi connectivity index (χ1) is 10.5. The summed E-state index contributed by atoms with van der Waals surface area (Å²) < 4.78 is 0. The van der Waals surface area contributed by atoms with Crippen molar-refractivity contribution in [2.75, 3.05) is 25.5 Å². The number of amides is 1. The van der Waals surface area contributed by atoms with Gasteiger partial charge in [-0.15, -0.1) is 0 Å². The quantitative estimate of drug-likeness (QED) is 0.849. The monoisotopic (exact) mass is 304 g/mol. The number of nitrogens with one attached hydrogen (secondary N) is 1. The molecule has 0 spiro atoms. The second kappa shape index (κ2) is 7.75. The van der Waals surface area contributed by atoms with Crippen molar-refractivity contribution < 1.29 is 9.90 Å². The second-order valence-corrected chi connectivity index (χ2v) is 6.75. The summed E-state index contributed by atoms with van der Waals surface area (Å²) in [6.07, 6.45) is 2.84. The number of carbonyl (C=O) groups is 1. The van der Waals surface area contributed by atoms with Gasteiger partial charge in [0.1, 0.15) is 0 Å². The first kappa shape index (κ1) is 17.0. The van der Waals surface area contributed by atoms with Crippen molar-refractivity contribution in [1.29, 1.82) is 0 Å². The molecule has 1 aromatic carbocycles. The van der Waals surface area contributed by atoms with Gasteiger partial charge < -0.3 is 10.4 Å². The van der Waals surface area contributed by atoms with E-state index in [0.717, 1.165) is 37.1 Å². The number of nitrogens with zero attached hydrogens (tertiary/aromatic N) is 1. The predicted octanol–water partition coefficient (Wildman–Crippen LogP) is 2.84. The van der Waals surface area contributed by atoms with E-state index < -0.39 is 0 Å². The Hall–Kier alpha value is -1.39. The molecule has 2 rings (SSSR count). The molecule has 1 aromatic rings. The Morgan fingerprint density at radius 2 is 2.09 bits per heavy atom. The highest BCUT2D eigenvalue weighted by Crippen LogP contribution is 2.26. The van der Waals surface area contributed by atoms with Crippen LogP contribution in [-0.2, 0) is 4.79 Å². The molecular formula is C18H28N2O2. The summed E-state index contributed by atoms with van der Waals surface area (Å²) in [4.78, 5) is 14.2. The van der Waals surface area contributed by atoms with Crippen LogP contribution in [0.3, 0.4) is 0 Å². The molecule has 0 heterocycles. The van der Waals surface area contributed by atoms with Crippen molar-refractivity contribution in [2.45, 2.75) is 45.1 Å². The van der Waals surface area contributed by atoms with Crippen LogP contribution in [0.5, 0.6) is 0 Å². The summed E-state index contributed by atoms with van der Waals surface area (Å²) in [5.74, 6) is 0.687. The molecule has 1 aliphatic carbocycles. The maximum Gasteiger partial charge on any atom is 0.238 e. The molecule has 4 heteroatoms. The van der Waals surface area contributed by atoms with E-state index in [9.17, 15) is 9.90 Å². The molecule has 0 aliphatic heterocycles. The van der Waals surface area contributed by atoms with Crippen LogP contribution in [0.15, 0.2) is 24.3 Å². The van der Waals surface area contributed by atoms with Crippen molar-refractivity contribution in [3.05, 3.63) is 29.8 Å². The molecule has 1 amide bonds. The molecule has 4 nitrogen and oxygen atoms in total. The minimum atomic E-state index is -0.202. The number of rotatable bonds is 6. The van der Waals surface area contributed by atoms with Gasteiger partial charge in [0.05, 0.1) is 12.6 Å². The van der Waals surface area contributed by atoms with Gasteiger partial charge in [0.15, 0.2) is 0 Å². The van der Waals surface area contributed by atoms with Crippen molar-refractivity contribution in [1.82, 2.24) is 4.90 Å². The third-order valence-electron chi connectivity index (χ3n) is 4.44. The maximum absolute atomic E-state index is 12.2. The van der Waals surface area contributed by atoms with Crippen LogP contribution in [0.4, 0.5) is 5.69 Å². The highest BCUT2D eigenvalue weighted by atomic mass is 16.3. The first-order valence-electron chi connectivity index (χ1n) is 8.22. The lowest BCUT2D eigenvalue weighted by molar-refractivity contribution is -0.117. The van der Waals surface area contributed by atoms with Gasteiger partial charge in [-0.2, -0.15) is 0 Å². The zero-order valence-electron chi connectivity index (χ0n) is 13.9. The summed E-state index contributed by atoms with van der Waals surface area (Å²) in [5, 5.41) is 12.9. The number of hydrogen-bond donors (Lipinski definition) is 2. The molecule has 2 unspecified atom stereocenters. The van der Waals surface area contributed by atoms with Crippen LogP contribution < -0.4 is 5.32 Å². The number of para-hydroxylation sites is 1. The lowest BCUT2D eigenvalue weighted by Gasteiger charge is -2.23. The van der Waals surface area contributed by atoms with Gasteiger partial charge in [0, 0.05) is 12.2 Å². The topological polar surface area (TPSA) is 52.6 Å². The Labute approximate surface area is 133 Å². The van der Waals surface area contributed by atoms with Crippen LogP contribution in [-0.4, -0.2) is 42.2 Å². The summed E-state index contributed by atoms with van der Waals surface area (Å²) in [7, 11) is 1.94. The fourth-order valence-corrected chi connectivity index (χ4v) is 3.24. The Morgan fingerprint density at radius 3 is 2.73 bits per heavy atom. The number of carbonyl (C=O) groups excluding carboxylic acids is 1. The number of likely N-dealkylation sites (N-methyl/N-ethyl adjacent to an activating group) is 1. The molecule has 0 bridgehead atoms. The molecule has 2 atom stereocenters. The van der Waals surface area contributed by atoms with Crippen LogP contribution >= 0.6 is 0 Å². The minimum absolute atomic E-state index is 0.00286. The first-order valence-corrected chi connectivity index (χ1v) is 8.22. The number of benzene rings is 1. The summed E-state index contributed by atoms with van der Waals surface area (Å²) in [6.45, 7) is 5.38. The number of aliphatic hydroxyl groups is 1. The van der Waals surface area contributed by atoms with Crippen molar-refractivity contribution >= 4 is 11.6 Å². The molecule has 0 radical (unpaired) electrons. The van der Waals surface area contributed by atoms with Crippen LogP contribution in [0.2, 0.25) is 0 Å². The summed E-state index contributed by atoms with van der Waals surface area (Å²) in [5.41, 5.74) is 2.06. The van der Waals surface area contributed by atoms with Gasteiger partial charge in [-0.3, -0.25) is 9.69 Å². The van der Waals surface area contributed by atoms with E-state index in [1.807, 2.05) is 30.1 Å². The third-order valence-corrected chi connectivity index (χ3v) is 4.44. The second-order valence-electron chi connectivity index (χ2n) is 6.75. The molecule has 0 saturated heterocycles. The zero-order chi connectivity index (χ0) is 16.1. The Balaban J connectivity index is 1.87. The molecular weight excluding hydrogens is 276 g/mol. The zero-order valence-corrected chi connectivity index (χ0v) is 13.9. The standard InChI is InChI=1S/C18H28N2O2/c1-13(2)15-8-4-5-9-16(15)19-18(22)12-20(3)11-14-7-6-10-17(14)21/h4-5,8-9,13-14,17,21H,6-7,10-12H2,1-3H3,(H,19,22). The van der Waals surface area contributed by atoms with Gasteiger partial charge in [-0.25, -0.2) is 0 Å². The van der Waals surface area contributed by atoms with E-state index in [2.05, 4.69) is 25.2 Å². The van der Waals surface area contributed by atoms with Gasteiger partial charge in [-0.1, -0.05) is 38.5 Å². The van der Waals surface area contributed by atoms with E-state index in [4.69, 9.17) is 0 Å². The maximum atomic E-state index is 12.2. The molecule has 1 saturated carbocycles.